The van der Waals surface area contributed by atoms with Gasteiger partial charge in [-0.3, -0.25) is 0 Å². The maximum atomic E-state index is 12.3. The standard InChI is InChI=1S/C17H27N3O2S/c1-4-23-12-9-18-17(21)20-11-10-19(13-14(20)2)15-7-5-6-8-16(15)22-3/h5-8,14H,4,9-13H2,1-3H3,(H,18,21). The summed E-state index contributed by atoms with van der Waals surface area (Å²) >= 11 is 1.84. The molecule has 1 atom stereocenters. The van der Waals surface area contributed by atoms with Gasteiger partial charge in [-0.1, -0.05) is 19.1 Å². The summed E-state index contributed by atoms with van der Waals surface area (Å²) < 4.78 is 5.45. The number of ether oxygens (including phenoxy) is 1. The van der Waals surface area contributed by atoms with Crippen molar-refractivity contribution in [1.29, 1.82) is 0 Å². The van der Waals surface area contributed by atoms with Crippen LogP contribution in [0, 0.1) is 0 Å². The molecule has 1 aliphatic rings. The van der Waals surface area contributed by atoms with Crippen molar-refractivity contribution in [1.82, 2.24) is 10.2 Å². The van der Waals surface area contributed by atoms with Gasteiger partial charge >= 0.3 is 6.03 Å². The van der Waals surface area contributed by atoms with Gasteiger partial charge in [0.15, 0.2) is 0 Å². The second kappa shape index (κ2) is 8.91. The second-order valence-corrected chi connectivity index (χ2v) is 6.98. The van der Waals surface area contributed by atoms with Crippen molar-refractivity contribution >= 4 is 23.5 Å². The number of rotatable bonds is 6. The molecule has 128 valence electrons. The van der Waals surface area contributed by atoms with Crippen molar-refractivity contribution in [3.8, 4) is 5.75 Å². The topological polar surface area (TPSA) is 44.8 Å². The Morgan fingerprint density at radius 1 is 1.39 bits per heavy atom. The number of anilines is 1. The molecule has 23 heavy (non-hydrogen) atoms. The number of para-hydroxylation sites is 2. The van der Waals surface area contributed by atoms with Gasteiger partial charge in [0, 0.05) is 38.0 Å². The van der Waals surface area contributed by atoms with Crippen molar-refractivity contribution in [2.24, 2.45) is 0 Å². The highest BCUT2D eigenvalue weighted by molar-refractivity contribution is 7.99. The number of hydrogen-bond acceptors (Lipinski definition) is 4. The predicted octanol–water partition coefficient (Wildman–Crippen LogP) is 2.67. The number of methoxy groups -OCH3 is 1. The van der Waals surface area contributed by atoms with E-state index in [9.17, 15) is 4.79 Å². The van der Waals surface area contributed by atoms with Gasteiger partial charge in [0.1, 0.15) is 5.75 Å². The monoisotopic (exact) mass is 337 g/mol. The molecule has 1 aliphatic heterocycles. The van der Waals surface area contributed by atoms with Gasteiger partial charge < -0.3 is 19.9 Å². The number of hydrogen-bond donors (Lipinski definition) is 1. The predicted molar refractivity (Wildman–Crippen MR) is 97.8 cm³/mol. The number of piperazine rings is 1. The van der Waals surface area contributed by atoms with E-state index >= 15 is 0 Å². The minimum Gasteiger partial charge on any atom is -0.495 e. The highest BCUT2D eigenvalue weighted by atomic mass is 32.2. The Hall–Kier alpha value is -1.56. The van der Waals surface area contributed by atoms with Crippen molar-refractivity contribution in [3.05, 3.63) is 24.3 Å². The van der Waals surface area contributed by atoms with Crippen molar-refractivity contribution in [2.45, 2.75) is 19.9 Å². The van der Waals surface area contributed by atoms with Crippen LogP contribution in [0.1, 0.15) is 13.8 Å². The van der Waals surface area contributed by atoms with E-state index in [4.69, 9.17) is 4.74 Å². The van der Waals surface area contributed by atoms with Crippen molar-refractivity contribution < 1.29 is 9.53 Å². The molecule has 1 heterocycles. The van der Waals surface area contributed by atoms with E-state index in [0.29, 0.717) is 0 Å². The average molecular weight is 337 g/mol. The average Bonchev–Trinajstić information content (AvgIpc) is 2.58. The van der Waals surface area contributed by atoms with Gasteiger partial charge in [-0.15, -0.1) is 0 Å². The lowest BCUT2D eigenvalue weighted by Gasteiger charge is -2.41. The number of thioether (sulfide) groups is 1. The number of carbonyl (C=O) groups is 1. The Labute approximate surface area is 143 Å². The molecule has 0 aromatic heterocycles. The first kappa shape index (κ1) is 17.8. The molecule has 2 amide bonds. The van der Waals surface area contributed by atoms with Crippen LogP contribution in [0.2, 0.25) is 0 Å². The van der Waals surface area contributed by atoms with E-state index in [2.05, 4.69) is 30.1 Å². The molecule has 1 fully saturated rings. The van der Waals surface area contributed by atoms with E-state index in [0.717, 1.165) is 49.1 Å². The number of urea groups is 1. The molecule has 0 saturated carbocycles. The summed E-state index contributed by atoms with van der Waals surface area (Å²) in [4.78, 5) is 16.5. The van der Waals surface area contributed by atoms with Crippen LogP contribution in [0.3, 0.4) is 0 Å². The van der Waals surface area contributed by atoms with E-state index in [1.54, 1.807) is 7.11 Å². The fourth-order valence-electron chi connectivity index (χ4n) is 2.85. The largest absolute Gasteiger partial charge is 0.495 e. The summed E-state index contributed by atoms with van der Waals surface area (Å²) in [5, 5.41) is 3.02. The molecule has 0 aliphatic carbocycles. The van der Waals surface area contributed by atoms with Crippen LogP contribution in [0.15, 0.2) is 24.3 Å². The molecular weight excluding hydrogens is 310 g/mol. The van der Waals surface area contributed by atoms with Crippen LogP contribution < -0.4 is 15.0 Å². The Kier molecular flexibility index (Phi) is 6.89. The molecule has 0 radical (unpaired) electrons. The summed E-state index contributed by atoms with van der Waals surface area (Å²) in [6.07, 6.45) is 0. The Morgan fingerprint density at radius 2 is 2.17 bits per heavy atom. The molecule has 1 aromatic carbocycles. The van der Waals surface area contributed by atoms with Crippen molar-refractivity contribution in [3.63, 3.8) is 0 Å². The Bertz CT molecular complexity index is 512. The number of nitrogens with one attached hydrogen (secondary N) is 1. The lowest BCUT2D eigenvalue weighted by molar-refractivity contribution is 0.172. The van der Waals surface area contributed by atoms with Gasteiger partial charge in [-0.05, 0) is 24.8 Å². The zero-order valence-corrected chi connectivity index (χ0v) is 15.1. The molecule has 0 spiro atoms. The third-order valence-corrected chi connectivity index (χ3v) is 4.94. The molecule has 1 unspecified atom stereocenters. The molecule has 2 rings (SSSR count). The third-order valence-electron chi connectivity index (χ3n) is 4.04. The fraction of sp³-hybridized carbons (Fsp3) is 0.588. The first-order chi connectivity index (χ1) is 11.2. The van der Waals surface area contributed by atoms with Gasteiger partial charge in [0.2, 0.25) is 0 Å². The van der Waals surface area contributed by atoms with Crippen LogP contribution in [-0.4, -0.2) is 61.8 Å². The molecule has 1 aromatic rings. The van der Waals surface area contributed by atoms with E-state index in [-0.39, 0.29) is 12.1 Å². The highest BCUT2D eigenvalue weighted by Crippen LogP contribution is 2.29. The maximum Gasteiger partial charge on any atom is 0.317 e. The molecule has 1 N–H and O–H groups in total. The maximum absolute atomic E-state index is 12.3. The molecule has 1 saturated heterocycles. The zero-order chi connectivity index (χ0) is 16.7. The summed E-state index contributed by atoms with van der Waals surface area (Å²) in [5.41, 5.74) is 1.10. The molecule has 0 bridgehead atoms. The normalized spacial score (nSPS) is 18.0. The highest BCUT2D eigenvalue weighted by Gasteiger charge is 2.28. The number of nitrogens with zero attached hydrogens (tertiary/aromatic N) is 2. The van der Waals surface area contributed by atoms with Crippen molar-refractivity contribution in [2.75, 3.05) is 49.7 Å². The first-order valence-corrected chi connectivity index (χ1v) is 9.33. The number of benzene rings is 1. The van der Waals surface area contributed by atoms with E-state index < -0.39 is 0 Å². The summed E-state index contributed by atoms with van der Waals surface area (Å²) in [6, 6.07) is 8.27. The summed E-state index contributed by atoms with van der Waals surface area (Å²) in [6.45, 7) is 7.33. The first-order valence-electron chi connectivity index (χ1n) is 8.17. The van der Waals surface area contributed by atoms with Crippen LogP contribution in [0.25, 0.3) is 0 Å². The summed E-state index contributed by atoms with van der Waals surface area (Å²) in [5.74, 6) is 2.94. The van der Waals surface area contributed by atoms with Crippen LogP contribution >= 0.6 is 11.8 Å². The van der Waals surface area contributed by atoms with Gasteiger partial charge in [-0.25, -0.2) is 4.79 Å². The van der Waals surface area contributed by atoms with E-state index in [1.165, 1.54) is 0 Å². The lowest BCUT2D eigenvalue weighted by atomic mass is 10.1. The lowest BCUT2D eigenvalue weighted by Crippen LogP contribution is -2.56. The molecular formula is C17H27N3O2S. The molecule has 6 heteroatoms. The van der Waals surface area contributed by atoms with Crippen LogP contribution in [-0.2, 0) is 0 Å². The van der Waals surface area contributed by atoms with Crippen LogP contribution in [0.5, 0.6) is 5.75 Å². The van der Waals surface area contributed by atoms with E-state index in [1.807, 2.05) is 34.9 Å². The third kappa shape index (κ3) is 4.70. The minimum atomic E-state index is 0.0499. The SMILES string of the molecule is CCSCCNC(=O)N1CCN(c2ccccc2OC)CC1C. The number of carbonyl (C=O) groups excluding carboxylic acids is 1. The smallest absolute Gasteiger partial charge is 0.317 e. The van der Waals surface area contributed by atoms with Gasteiger partial charge in [0.05, 0.1) is 12.8 Å². The molecule has 5 nitrogen and oxygen atoms in total. The second-order valence-electron chi connectivity index (χ2n) is 5.59. The Morgan fingerprint density at radius 3 is 2.87 bits per heavy atom. The van der Waals surface area contributed by atoms with Gasteiger partial charge in [0.25, 0.3) is 0 Å². The Balaban J connectivity index is 1.90. The van der Waals surface area contributed by atoms with Gasteiger partial charge in [-0.2, -0.15) is 11.8 Å². The zero-order valence-electron chi connectivity index (χ0n) is 14.2. The fourth-order valence-corrected chi connectivity index (χ4v) is 3.38. The minimum absolute atomic E-state index is 0.0499. The quantitative estimate of drug-likeness (QED) is 0.811. The summed E-state index contributed by atoms with van der Waals surface area (Å²) in [7, 11) is 1.69. The van der Waals surface area contributed by atoms with Crippen LogP contribution in [0.4, 0.5) is 10.5 Å². The number of amides is 2.